The van der Waals surface area contributed by atoms with E-state index in [4.69, 9.17) is 0 Å². The minimum Gasteiger partial charge on any atom is -0.507 e. The molecule has 0 aliphatic heterocycles. The van der Waals surface area contributed by atoms with Crippen LogP contribution in [0.25, 0.3) is 5.82 Å². The molecule has 0 fully saturated rings. The van der Waals surface area contributed by atoms with Crippen molar-refractivity contribution in [1.82, 2.24) is 14.8 Å². The summed E-state index contributed by atoms with van der Waals surface area (Å²) in [6, 6.07) is 11.1. The Hall–Kier alpha value is -2.34. The summed E-state index contributed by atoms with van der Waals surface area (Å²) in [5.74, 6) is 1.02. The molecule has 3 rings (SSSR count). The molecule has 0 saturated carbocycles. The molecule has 0 aliphatic rings. The normalized spacial score (nSPS) is 10.5. The van der Waals surface area contributed by atoms with E-state index in [1.165, 1.54) is 0 Å². The Balaban J connectivity index is 1.66. The van der Waals surface area contributed by atoms with Crippen LogP contribution in [0.5, 0.6) is 5.75 Å². The fourth-order valence-electron chi connectivity index (χ4n) is 1.89. The number of rotatable bonds is 4. The van der Waals surface area contributed by atoms with Crippen LogP contribution < -0.4 is 5.32 Å². The minimum absolute atomic E-state index is 0.240. The third-order valence-electron chi connectivity index (χ3n) is 3.00. The molecule has 0 spiro atoms. The molecule has 1 aromatic carbocycles. The Morgan fingerprint density at radius 3 is 2.81 bits per heavy atom. The van der Waals surface area contributed by atoms with Crippen LogP contribution in [-0.4, -0.2) is 19.9 Å². The molecule has 3 aromatic rings. The molecule has 0 atom stereocenters. The minimum atomic E-state index is 0.240. The molecule has 2 heterocycles. The molecule has 5 nitrogen and oxygen atoms in total. The monoisotopic (exact) mass is 344 g/mol. The van der Waals surface area contributed by atoms with Gasteiger partial charge in [-0.2, -0.15) is 5.10 Å². The van der Waals surface area contributed by atoms with Gasteiger partial charge in [0.2, 0.25) is 0 Å². The molecule has 21 heavy (non-hydrogen) atoms. The van der Waals surface area contributed by atoms with Crippen LogP contribution in [0.15, 0.2) is 59.5 Å². The van der Waals surface area contributed by atoms with Crippen LogP contribution in [0, 0.1) is 0 Å². The second kappa shape index (κ2) is 5.97. The number of aromatic hydroxyl groups is 1. The Bertz CT molecular complexity index is 726. The molecule has 0 unspecified atom stereocenters. The molecule has 0 saturated heterocycles. The fraction of sp³-hybridized carbons (Fsp3) is 0.0667. The quantitative estimate of drug-likeness (QED) is 0.761. The first-order valence-electron chi connectivity index (χ1n) is 6.40. The second-order valence-electron chi connectivity index (χ2n) is 4.50. The zero-order chi connectivity index (χ0) is 14.7. The van der Waals surface area contributed by atoms with E-state index in [9.17, 15) is 5.11 Å². The van der Waals surface area contributed by atoms with E-state index in [0.717, 1.165) is 17.1 Å². The summed E-state index contributed by atoms with van der Waals surface area (Å²) in [6.45, 7) is 0.654. The van der Waals surface area contributed by atoms with E-state index in [0.29, 0.717) is 11.0 Å². The molecule has 0 aliphatic carbocycles. The predicted molar refractivity (Wildman–Crippen MR) is 84.5 cm³/mol. The average Bonchev–Trinajstić information content (AvgIpc) is 3.03. The highest BCUT2D eigenvalue weighted by Crippen LogP contribution is 2.24. The van der Waals surface area contributed by atoms with E-state index in [-0.39, 0.29) is 5.75 Å². The van der Waals surface area contributed by atoms with Gasteiger partial charge in [0.15, 0.2) is 5.82 Å². The largest absolute Gasteiger partial charge is 0.507 e. The molecule has 2 aromatic heterocycles. The van der Waals surface area contributed by atoms with Crippen molar-refractivity contribution in [2.24, 2.45) is 0 Å². The fourth-order valence-corrected chi connectivity index (χ4v) is 2.32. The van der Waals surface area contributed by atoms with E-state index in [1.807, 2.05) is 36.5 Å². The van der Waals surface area contributed by atoms with Crippen molar-refractivity contribution >= 4 is 21.6 Å². The smallest absolute Gasteiger partial charge is 0.153 e. The third-order valence-corrected chi connectivity index (χ3v) is 3.63. The van der Waals surface area contributed by atoms with Gasteiger partial charge in [0.1, 0.15) is 5.75 Å². The van der Waals surface area contributed by atoms with Crippen LogP contribution >= 0.6 is 15.9 Å². The molecular formula is C15H13BrN4O. The SMILES string of the molecule is Oc1ccc(CNc2ccc(-n3cccn3)nc2)cc1Br. The van der Waals surface area contributed by atoms with Gasteiger partial charge in [-0.1, -0.05) is 6.07 Å². The molecule has 106 valence electrons. The second-order valence-corrected chi connectivity index (χ2v) is 5.35. The van der Waals surface area contributed by atoms with Crippen LogP contribution in [0.1, 0.15) is 5.56 Å². The number of phenols is 1. The number of nitrogens with zero attached hydrogens (tertiary/aromatic N) is 3. The summed E-state index contributed by atoms with van der Waals surface area (Å²) in [5, 5.41) is 16.9. The lowest BCUT2D eigenvalue weighted by atomic mass is 10.2. The van der Waals surface area contributed by atoms with Gasteiger partial charge >= 0.3 is 0 Å². The lowest BCUT2D eigenvalue weighted by Crippen LogP contribution is -2.02. The topological polar surface area (TPSA) is 63.0 Å². The van der Waals surface area contributed by atoms with Crippen molar-refractivity contribution in [1.29, 1.82) is 0 Å². The summed E-state index contributed by atoms with van der Waals surface area (Å²) < 4.78 is 2.40. The van der Waals surface area contributed by atoms with Crippen LogP contribution in [0.3, 0.4) is 0 Å². The summed E-state index contributed by atoms with van der Waals surface area (Å²) in [4.78, 5) is 4.35. The van der Waals surface area contributed by atoms with Gasteiger partial charge in [0.25, 0.3) is 0 Å². The molecule has 0 radical (unpaired) electrons. The number of hydrogen-bond acceptors (Lipinski definition) is 4. The molecule has 6 heteroatoms. The third kappa shape index (κ3) is 3.22. The van der Waals surface area contributed by atoms with Crippen molar-refractivity contribution in [2.75, 3.05) is 5.32 Å². The van der Waals surface area contributed by atoms with E-state index in [2.05, 4.69) is 31.3 Å². The maximum Gasteiger partial charge on any atom is 0.153 e. The number of aromatic nitrogens is 3. The summed E-state index contributed by atoms with van der Waals surface area (Å²) in [7, 11) is 0. The lowest BCUT2D eigenvalue weighted by molar-refractivity contribution is 0.471. The van der Waals surface area contributed by atoms with Crippen LogP contribution in [0.2, 0.25) is 0 Å². The van der Waals surface area contributed by atoms with Gasteiger partial charge in [0.05, 0.1) is 16.4 Å². The maximum absolute atomic E-state index is 9.46. The standard InChI is InChI=1S/C15H13BrN4O/c16-13-8-11(2-4-14(13)21)9-17-12-3-5-15(18-10-12)20-7-1-6-19-20/h1-8,10,17,21H,9H2. The Morgan fingerprint density at radius 1 is 1.24 bits per heavy atom. The van der Waals surface area contributed by atoms with Crippen molar-refractivity contribution in [2.45, 2.75) is 6.54 Å². The van der Waals surface area contributed by atoms with E-state index >= 15 is 0 Å². The van der Waals surface area contributed by atoms with Crippen LogP contribution in [0.4, 0.5) is 5.69 Å². The first kappa shape index (κ1) is 13.6. The number of pyridine rings is 1. The summed E-state index contributed by atoms with van der Waals surface area (Å²) in [5.41, 5.74) is 1.99. The Morgan fingerprint density at radius 2 is 2.14 bits per heavy atom. The number of benzene rings is 1. The predicted octanol–water partition coefficient (Wildman–Crippen LogP) is 3.35. The number of hydrogen-bond donors (Lipinski definition) is 2. The summed E-state index contributed by atoms with van der Waals surface area (Å²) in [6.07, 6.45) is 5.34. The highest BCUT2D eigenvalue weighted by molar-refractivity contribution is 9.10. The number of nitrogens with one attached hydrogen (secondary N) is 1. The average molecular weight is 345 g/mol. The van der Waals surface area contributed by atoms with Gasteiger partial charge in [-0.25, -0.2) is 9.67 Å². The first-order valence-corrected chi connectivity index (χ1v) is 7.19. The zero-order valence-electron chi connectivity index (χ0n) is 11.1. The van der Waals surface area contributed by atoms with Crippen molar-refractivity contribution in [3.8, 4) is 11.6 Å². The molecule has 0 amide bonds. The Kier molecular flexibility index (Phi) is 3.87. The van der Waals surface area contributed by atoms with Crippen molar-refractivity contribution in [3.05, 3.63) is 65.0 Å². The van der Waals surface area contributed by atoms with E-state index in [1.54, 1.807) is 23.1 Å². The molecule has 2 N–H and O–H groups in total. The van der Waals surface area contributed by atoms with Gasteiger partial charge in [-0.3, -0.25) is 0 Å². The number of halogens is 1. The van der Waals surface area contributed by atoms with Gasteiger partial charge in [-0.05, 0) is 51.8 Å². The molecule has 0 bridgehead atoms. The van der Waals surface area contributed by atoms with Crippen molar-refractivity contribution < 1.29 is 5.11 Å². The van der Waals surface area contributed by atoms with E-state index < -0.39 is 0 Å². The highest BCUT2D eigenvalue weighted by Gasteiger charge is 2.01. The molecular weight excluding hydrogens is 332 g/mol. The van der Waals surface area contributed by atoms with Gasteiger partial charge in [-0.15, -0.1) is 0 Å². The maximum atomic E-state index is 9.46. The zero-order valence-corrected chi connectivity index (χ0v) is 12.7. The first-order chi connectivity index (χ1) is 10.2. The summed E-state index contributed by atoms with van der Waals surface area (Å²) >= 11 is 3.30. The van der Waals surface area contributed by atoms with Crippen molar-refractivity contribution in [3.63, 3.8) is 0 Å². The Labute approximate surface area is 130 Å². The lowest BCUT2D eigenvalue weighted by Gasteiger charge is -2.08. The van der Waals surface area contributed by atoms with Crippen LogP contribution in [-0.2, 0) is 6.54 Å². The van der Waals surface area contributed by atoms with Gasteiger partial charge < -0.3 is 10.4 Å². The number of anilines is 1. The highest BCUT2D eigenvalue weighted by atomic mass is 79.9. The van der Waals surface area contributed by atoms with Gasteiger partial charge in [0, 0.05) is 18.9 Å². The number of phenolic OH excluding ortho intramolecular Hbond substituents is 1.